The van der Waals surface area contributed by atoms with Crippen molar-refractivity contribution in [2.24, 2.45) is 0 Å². The van der Waals surface area contributed by atoms with Gasteiger partial charge in [0.2, 0.25) is 5.28 Å². The van der Waals surface area contributed by atoms with Gasteiger partial charge >= 0.3 is 11.9 Å². The van der Waals surface area contributed by atoms with Crippen molar-refractivity contribution in [3.8, 4) is 0 Å². The molecule has 4 rings (SSSR count). The predicted molar refractivity (Wildman–Crippen MR) is 117 cm³/mol. The van der Waals surface area contributed by atoms with Crippen LogP contribution in [0.4, 0.5) is 22.0 Å². The molecule has 0 spiro atoms. The highest BCUT2D eigenvalue weighted by Crippen LogP contribution is 2.22. The van der Waals surface area contributed by atoms with Crippen LogP contribution in [0, 0.1) is 11.6 Å². The van der Waals surface area contributed by atoms with E-state index in [1.807, 2.05) is 0 Å². The number of nitrogens with zero attached hydrogens (tertiary/aromatic N) is 7. The van der Waals surface area contributed by atoms with Gasteiger partial charge in [-0.25, -0.2) is 13.6 Å². The molecule has 0 aliphatic heterocycles. The van der Waals surface area contributed by atoms with Crippen LogP contribution < -0.4 is 11.2 Å². The second kappa shape index (κ2) is 10.2. The molecule has 10 nitrogen and oxygen atoms in total. The molecule has 0 unspecified atom stereocenters. The van der Waals surface area contributed by atoms with E-state index in [1.54, 1.807) is 0 Å². The van der Waals surface area contributed by atoms with Gasteiger partial charge < -0.3 is 4.98 Å². The lowest BCUT2D eigenvalue weighted by Crippen LogP contribution is -2.40. The van der Waals surface area contributed by atoms with Crippen molar-refractivity contribution >= 4 is 22.8 Å². The first kappa shape index (κ1) is 25.5. The fourth-order valence-corrected chi connectivity index (χ4v) is 3.81. The summed E-state index contributed by atoms with van der Waals surface area (Å²) < 4.78 is 66.7. The maximum absolute atomic E-state index is 13.8. The van der Waals surface area contributed by atoms with Gasteiger partial charge in [0, 0.05) is 25.9 Å². The normalized spacial score (nSPS) is 12.1. The molecule has 0 radical (unpaired) electrons. The molecule has 0 amide bonds. The number of tetrazole rings is 1. The average molecular weight is 533 g/mol. The molecule has 0 aliphatic rings. The van der Waals surface area contributed by atoms with Gasteiger partial charge in [0.25, 0.3) is 5.56 Å². The van der Waals surface area contributed by atoms with Gasteiger partial charge in [-0.2, -0.15) is 23.0 Å². The molecular weight excluding hydrogens is 515 g/mol. The van der Waals surface area contributed by atoms with E-state index in [0.717, 1.165) is 27.3 Å². The van der Waals surface area contributed by atoms with E-state index in [1.165, 1.54) is 4.80 Å². The zero-order valence-corrected chi connectivity index (χ0v) is 19.2. The topological polar surface area (TPSA) is 116 Å². The minimum Gasteiger partial charge on any atom is -0.323 e. The van der Waals surface area contributed by atoms with Crippen molar-refractivity contribution in [1.29, 1.82) is 0 Å². The van der Waals surface area contributed by atoms with Crippen molar-refractivity contribution in [3.05, 3.63) is 67.3 Å². The molecule has 0 atom stereocenters. The van der Waals surface area contributed by atoms with Crippen LogP contribution in [0.1, 0.15) is 30.7 Å². The van der Waals surface area contributed by atoms with Crippen LogP contribution in [0.25, 0.3) is 11.2 Å². The molecule has 1 aromatic carbocycles. The molecule has 36 heavy (non-hydrogen) atoms. The van der Waals surface area contributed by atoms with Gasteiger partial charge in [0.15, 0.2) is 17.0 Å². The molecule has 0 fully saturated rings. The number of aryl methyl sites for hydroxylation is 2. The van der Waals surface area contributed by atoms with Crippen molar-refractivity contribution in [3.63, 3.8) is 0 Å². The summed E-state index contributed by atoms with van der Waals surface area (Å²) in [6, 6.07) is 3.01. The summed E-state index contributed by atoms with van der Waals surface area (Å²) >= 11 is 5.82. The van der Waals surface area contributed by atoms with Crippen LogP contribution in [-0.2, 0) is 26.1 Å². The summed E-state index contributed by atoms with van der Waals surface area (Å²) in [5.41, 5.74) is -1.73. The summed E-state index contributed by atoms with van der Waals surface area (Å²) in [5.74, 6) is -1.09. The van der Waals surface area contributed by atoms with E-state index in [0.29, 0.717) is 0 Å². The average Bonchev–Trinajstić information content (AvgIpc) is 3.41. The minimum absolute atomic E-state index is 0.0543. The smallest absolute Gasteiger partial charge is 0.323 e. The van der Waals surface area contributed by atoms with Gasteiger partial charge in [-0.3, -0.25) is 13.9 Å². The molecule has 3 heterocycles. The Morgan fingerprint density at radius 2 is 1.78 bits per heavy atom. The number of aromatic nitrogens is 8. The van der Waals surface area contributed by atoms with Gasteiger partial charge in [-0.05, 0) is 53.4 Å². The lowest BCUT2D eigenvalue weighted by molar-refractivity contribution is -0.135. The first-order valence-corrected chi connectivity index (χ1v) is 11.1. The Labute approximate surface area is 203 Å². The molecule has 0 aliphatic carbocycles. The van der Waals surface area contributed by atoms with E-state index in [2.05, 4.69) is 25.4 Å². The Kier molecular flexibility index (Phi) is 7.19. The third kappa shape index (κ3) is 5.78. The van der Waals surface area contributed by atoms with E-state index in [9.17, 15) is 31.5 Å². The summed E-state index contributed by atoms with van der Waals surface area (Å²) in [4.78, 5) is 33.3. The zero-order valence-electron chi connectivity index (χ0n) is 18.4. The van der Waals surface area contributed by atoms with Crippen LogP contribution in [0.5, 0.6) is 0 Å². The van der Waals surface area contributed by atoms with Gasteiger partial charge in [0.1, 0.15) is 11.6 Å². The second-order valence-corrected chi connectivity index (χ2v) is 8.26. The molecular formula is C20H18ClF5N8O2. The van der Waals surface area contributed by atoms with Crippen LogP contribution in [0.2, 0.25) is 5.28 Å². The van der Waals surface area contributed by atoms with Gasteiger partial charge in [0.05, 0.1) is 6.54 Å². The standard InChI is InChI=1S/C20H18ClF5N8O2/c21-18-27-15-16(28-18)32(6-1-5-20(24,25)26)19(36)33(17(15)35)7-2-8-34-30-14(29-31-34)10-11-9-12(22)3-4-13(11)23/h3-4,9H,1-2,5-8,10H2,(H,27,28). The number of imidazole rings is 1. The van der Waals surface area contributed by atoms with E-state index >= 15 is 0 Å². The number of fused-ring (bicyclic) bond motifs is 1. The third-order valence-electron chi connectivity index (χ3n) is 5.26. The summed E-state index contributed by atoms with van der Waals surface area (Å²) in [6.07, 6.45) is -5.82. The fourth-order valence-electron chi connectivity index (χ4n) is 3.64. The van der Waals surface area contributed by atoms with Crippen LogP contribution >= 0.6 is 11.6 Å². The molecule has 4 aromatic rings. The highest BCUT2D eigenvalue weighted by molar-refractivity contribution is 6.28. The quantitative estimate of drug-likeness (QED) is 0.262. The Hall–Kier alpha value is -3.62. The highest BCUT2D eigenvalue weighted by Gasteiger charge is 2.27. The molecule has 192 valence electrons. The van der Waals surface area contributed by atoms with Gasteiger partial charge in [-0.15, -0.1) is 10.2 Å². The van der Waals surface area contributed by atoms with Gasteiger partial charge in [-0.1, -0.05) is 0 Å². The largest absolute Gasteiger partial charge is 0.389 e. The first-order valence-electron chi connectivity index (χ1n) is 10.7. The Morgan fingerprint density at radius 3 is 2.53 bits per heavy atom. The van der Waals surface area contributed by atoms with Crippen molar-refractivity contribution < 1.29 is 22.0 Å². The Balaban J connectivity index is 1.48. The lowest BCUT2D eigenvalue weighted by Gasteiger charge is -2.12. The third-order valence-corrected chi connectivity index (χ3v) is 5.44. The number of H-pyrrole nitrogens is 1. The van der Waals surface area contributed by atoms with Crippen LogP contribution in [-0.4, -0.2) is 45.5 Å². The number of hydrogen-bond acceptors (Lipinski definition) is 6. The minimum atomic E-state index is -4.40. The van der Waals surface area contributed by atoms with Crippen molar-refractivity contribution in [2.75, 3.05) is 0 Å². The maximum Gasteiger partial charge on any atom is 0.389 e. The monoisotopic (exact) mass is 532 g/mol. The summed E-state index contributed by atoms with van der Waals surface area (Å²) in [6.45, 7) is -0.319. The molecule has 3 aromatic heterocycles. The second-order valence-electron chi connectivity index (χ2n) is 7.90. The Bertz CT molecular complexity index is 1510. The molecule has 0 saturated heterocycles. The molecule has 0 bridgehead atoms. The molecule has 0 saturated carbocycles. The number of benzene rings is 1. The van der Waals surface area contributed by atoms with E-state index in [-0.39, 0.29) is 60.3 Å². The molecule has 1 N–H and O–H groups in total. The summed E-state index contributed by atoms with van der Waals surface area (Å²) in [5, 5.41) is 11.5. The number of nitrogens with one attached hydrogen (secondary N) is 1. The van der Waals surface area contributed by atoms with Crippen LogP contribution in [0.15, 0.2) is 27.8 Å². The molecule has 16 heteroatoms. The van der Waals surface area contributed by atoms with Crippen molar-refractivity contribution in [1.82, 2.24) is 39.3 Å². The SMILES string of the molecule is O=c1c2[nH]c(Cl)nc2n(CCCC(F)(F)F)c(=O)n1CCCn1nnc(Cc2cc(F)ccc2F)n1. The van der Waals surface area contributed by atoms with Crippen molar-refractivity contribution in [2.45, 2.75) is 51.5 Å². The zero-order chi connectivity index (χ0) is 26.0. The highest BCUT2D eigenvalue weighted by atomic mass is 35.5. The first-order chi connectivity index (χ1) is 17.0. The van der Waals surface area contributed by atoms with E-state index < -0.39 is 41.9 Å². The van der Waals surface area contributed by atoms with E-state index in [4.69, 9.17) is 11.6 Å². The number of rotatable bonds is 9. The predicted octanol–water partition coefficient (Wildman–Crippen LogP) is 2.83. The number of alkyl halides is 3. The van der Waals surface area contributed by atoms with Crippen LogP contribution in [0.3, 0.4) is 0 Å². The fraction of sp³-hybridized carbons (Fsp3) is 0.400. The number of hydrogen-bond donors (Lipinski definition) is 1. The number of aromatic amines is 1. The Morgan fingerprint density at radius 1 is 1.03 bits per heavy atom. The number of halogens is 6. The summed E-state index contributed by atoms with van der Waals surface area (Å²) in [7, 11) is 0. The lowest BCUT2D eigenvalue weighted by atomic mass is 10.1. The maximum atomic E-state index is 13.8.